The molecule has 8 N–H and O–H groups in total. The number of nitrogens with two attached hydrogens (primary N) is 1. The molecule has 0 bridgehead atoms. The van der Waals surface area contributed by atoms with Crippen LogP contribution in [0.3, 0.4) is 0 Å². The van der Waals surface area contributed by atoms with E-state index in [9.17, 15) is 33.7 Å². The summed E-state index contributed by atoms with van der Waals surface area (Å²) in [5.74, 6) is -0.534. The summed E-state index contributed by atoms with van der Waals surface area (Å²) < 4.78 is 47.6. The van der Waals surface area contributed by atoms with Gasteiger partial charge in [0.05, 0.1) is 25.1 Å². The molecule has 7 atom stereocenters. The fourth-order valence-electron chi connectivity index (χ4n) is 4.16. The van der Waals surface area contributed by atoms with Crippen molar-refractivity contribution in [3.05, 3.63) is 11.6 Å². The third-order valence-electron chi connectivity index (χ3n) is 5.51. The van der Waals surface area contributed by atoms with Gasteiger partial charge in [0, 0.05) is 5.41 Å². The van der Waals surface area contributed by atoms with Crippen LogP contribution in [0.2, 0.25) is 5.28 Å². The number of anilines is 1. The predicted octanol–water partition coefficient (Wildman–Crippen LogP) is -0.312. The van der Waals surface area contributed by atoms with E-state index in [1.165, 1.54) is 10.9 Å². The number of halogens is 1. The van der Waals surface area contributed by atoms with Crippen LogP contribution in [0.4, 0.5) is 5.82 Å². The number of aliphatic hydroxyl groups is 2. The highest BCUT2D eigenvalue weighted by Crippen LogP contribution is 2.71. The number of hydrogen-bond acceptors (Lipinski definition) is 12. The summed E-state index contributed by atoms with van der Waals surface area (Å²) in [7, 11) is -16.6. The zero-order valence-corrected chi connectivity index (χ0v) is 19.5. The minimum Gasteiger partial charge on any atom is -0.390 e. The Kier molecular flexibility index (Phi) is 6.08. The van der Waals surface area contributed by atoms with Crippen molar-refractivity contribution in [1.82, 2.24) is 19.5 Å². The third kappa shape index (κ3) is 4.75. The number of aromatic nitrogens is 4. The molecule has 2 saturated carbocycles. The van der Waals surface area contributed by atoms with Gasteiger partial charge in [-0.15, -0.1) is 0 Å². The van der Waals surface area contributed by atoms with Gasteiger partial charge in [0.25, 0.3) is 0 Å². The Morgan fingerprint density at radius 2 is 1.82 bits per heavy atom. The lowest BCUT2D eigenvalue weighted by molar-refractivity contribution is -0.0297. The molecule has 4 rings (SSSR count). The first-order valence-corrected chi connectivity index (χ1v) is 13.8. The van der Waals surface area contributed by atoms with Crippen LogP contribution in [0, 0.1) is 11.3 Å². The van der Waals surface area contributed by atoms with Crippen LogP contribution in [0.5, 0.6) is 0 Å². The van der Waals surface area contributed by atoms with Crippen LogP contribution < -0.4 is 5.73 Å². The second-order valence-electron chi connectivity index (χ2n) is 7.54. The van der Waals surface area contributed by atoms with Crippen molar-refractivity contribution in [2.45, 2.75) is 24.7 Å². The molecule has 2 aromatic rings. The Labute approximate surface area is 188 Å². The van der Waals surface area contributed by atoms with Crippen molar-refractivity contribution in [1.29, 1.82) is 0 Å². The zero-order chi connectivity index (χ0) is 24.6. The maximum Gasteiger partial charge on any atom is 0.490 e. The smallest absolute Gasteiger partial charge is 0.390 e. The van der Waals surface area contributed by atoms with Crippen molar-refractivity contribution in [2.24, 2.45) is 11.3 Å². The maximum absolute atomic E-state index is 12.0. The van der Waals surface area contributed by atoms with E-state index in [1.807, 2.05) is 0 Å². The molecule has 184 valence electrons. The monoisotopic (exact) mass is 551 g/mol. The third-order valence-corrected chi connectivity index (χ3v) is 9.46. The fourth-order valence-corrected chi connectivity index (χ4v) is 7.43. The van der Waals surface area contributed by atoms with Crippen LogP contribution in [-0.4, -0.2) is 68.1 Å². The van der Waals surface area contributed by atoms with Crippen molar-refractivity contribution in [2.75, 3.05) is 12.3 Å². The van der Waals surface area contributed by atoms with E-state index in [0.717, 1.165) is 0 Å². The number of nitrogen functional groups attached to an aromatic ring is 1. The van der Waals surface area contributed by atoms with E-state index in [-0.39, 0.29) is 28.7 Å². The lowest BCUT2D eigenvalue weighted by atomic mass is 10.0. The maximum atomic E-state index is 12.0. The number of hydrogen-bond donors (Lipinski definition) is 7. The number of imidazole rings is 1. The highest BCUT2D eigenvalue weighted by atomic mass is 35.5. The summed E-state index contributed by atoms with van der Waals surface area (Å²) in [4.78, 5) is 47.9. The molecular weight excluding hydrogens is 535 g/mol. The number of nitrogens with zero attached hydrogens (tertiary/aromatic N) is 4. The SMILES string of the molecule is Nc1nc(Cl)nc2c1ncn2C1C(O)C(O)[C@@]2(COP(=O)(O)OP(=O)(O)OP(=O)(O)O)C[C@@H]12. The summed E-state index contributed by atoms with van der Waals surface area (Å²) in [6.07, 6.45) is -1.37. The van der Waals surface area contributed by atoms with Crippen LogP contribution in [-0.2, 0) is 26.8 Å². The molecule has 0 spiro atoms. The zero-order valence-electron chi connectivity index (χ0n) is 16.0. The minimum atomic E-state index is -5.69. The van der Waals surface area contributed by atoms with Gasteiger partial charge in [-0.3, -0.25) is 4.52 Å². The molecule has 17 nitrogen and oxygen atoms in total. The van der Waals surface area contributed by atoms with Crippen LogP contribution >= 0.6 is 35.1 Å². The first-order chi connectivity index (χ1) is 15.1. The van der Waals surface area contributed by atoms with Gasteiger partial charge in [-0.1, -0.05) is 0 Å². The quantitative estimate of drug-likeness (QED) is 0.164. The first kappa shape index (κ1) is 25.1. The molecule has 2 heterocycles. The lowest BCUT2D eigenvalue weighted by Gasteiger charge is -2.24. The van der Waals surface area contributed by atoms with Gasteiger partial charge < -0.3 is 40.1 Å². The highest BCUT2D eigenvalue weighted by Gasteiger charge is 2.72. The number of aliphatic hydroxyl groups excluding tert-OH is 2. The molecule has 5 unspecified atom stereocenters. The number of fused-ring (bicyclic) bond motifs is 2. The largest absolute Gasteiger partial charge is 0.490 e. The molecule has 0 saturated heterocycles. The van der Waals surface area contributed by atoms with E-state index in [1.54, 1.807) is 0 Å². The van der Waals surface area contributed by atoms with Gasteiger partial charge in [0.15, 0.2) is 11.5 Å². The van der Waals surface area contributed by atoms with Gasteiger partial charge in [0.2, 0.25) is 5.28 Å². The summed E-state index contributed by atoms with van der Waals surface area (Å²) in [6.45, 7) is -0.722. The Balaban J connectivity index is 1.52. The Morgan fingerprint density at radius 3 is 2.45 bits per heavy atom. The molecule has 0 amide bonds. The van der Waals surface area contributed by atoms with Gasteiger partial charge >= 0.3 is 23.5 Å². The average Bonchev–Trinajstić information content (AvgIpc) is 3.13. The summed E-state index contributed by atoms with van der Waals surface area (Å²) in [5, 5.41) is 21.0. The molecule has 33 heavy (non-hydrogen) atoms. The van der Waals surface area contributed by atoms with E-state index in [2.05, 4.69) is 28.1 Å². The van der Waals surface area contributed by atoms with Gasteiger partial charge in [-0.2, -0.15) is 18.6 Å². The van der Waals surface area contributed by atoms with Crippen molar-refractivity contribution in [3.63, 3.8) is 0 Å². The Bertz CT molecular complexity index is 1250. The van der Waals surface area contributed by atoms with Crippen molar-refractivity contribution in [3.8, 4) is 0 Å². The molecule has 0 aromatic carbocycles. The standard InChI is InChI=1S/C12H17ClN5O12P3/c13-11-16-9(14)5-10(17-11)18(3-15-5)6-4-1-12(4,8(20)7(6)19)2-28-32(24,25)30-33(26,27)29-31(21,22)23/h3-4,6-8,19-20H,1-2H2,(H,24,25)(H,26,27)(H2,14,16,17)(H2,21,22,23)/t4-,6?,7?,8?,12+/m0/s1. The molecule has 2 fully saturated rings. The number of phosphoric ester groups is 1. The molecule has 0 radical (unpaired) electrons. The molecule has 2 aliphatic carbocycles. The average molecular weight is 552 g/mol. The van der Waals surface area contributed by atoms with Gasteiger partial charge in [-0.25, -0.2) is 18.7 Å². The molecular formula is C12H17ClN5O12P3. The summed E-state index contributed by atoms with van der Waals surface area (Å²) in [5.41, 5.74) is 4.89. The highest BCUT2D eigenvalue weighted by molar-refractivity contribution is 7.66. The van der Waals surface area contributed by atoms with Crippen LogP contribution in [0.15, 0.2) is 6.33 Å². The number of rotatable bonds is 8. The normalized spacial score (nSPS) is 32.9. The van der Waals surface area contributed by atoms with Crippen molar-refractivity contribution < 1.29 is 56.6 Å². The number of phosphoric acid groups is 3. The predicted molar refractivity (Wildman–Crippen MR) is 106 cm³/mol. The molecule has 2 aromatic heterocycles. The minimum absolute atomic E-state index is 0.00787. The summed E-state index contributed by atoms with van der Waals surface area (Å²) >= 11 is 5.84. The lowest BCUT2D eigenvalue weighted by Crippen LogP contribution is -2.35. The van der Waals surface area contributed by atoms with E-state index in [4.69, 9.17) is 27.1 Å². The first-order valence-electron chi connectivity index (χ1n) is 8.85. The Hall–Kier alpha value is -1.03. The van der Waals surface area contributed by atoms with Crippen LogP contribution in [0.1, 0.15) is 12.5 Å². The molecule has 0 aliphatic heterocycles. The second kappa shape index (κ2) is 8.00. The van der Waals surface area contributed by atoms with E-state index >= 15 is 0 Å². The van der Waals surface area contributed by atoms with E-state index < -0.39 is 59.7 Å². The Morgan fingerprint density at radius 1 is 1.15 bits per heavy atom. The fraction of sp³-hybridized carbons (Fsp3) is 0.583. The second-order valence-corrected chi connectivity index (χ2v) is 12.3. The summed E-state index contributed by atoms with van der Waals surface area (Å²) in [6, 6.07) is -0.820. The molecule has 21 heteroatoms. The van der Waals surface area contributed by atoms with Crippen molar-refractivity contribution >= 4 is 52.1 Å². The molecule has 2 aliphatic rings. The van der Waals surface area contributed by atoms with E-state index in [0.29, 0.717) is 0 Å². The topological polar surface area (TPSA) is 270 Å². The van der Waals surface area contributed by atoms with Crippen LogP contribution in [0.25, 0.3) is 11.2 Å². The van der Waals surface area contributed by atoms with Gasteiger partial charge in [0.1, 0.15) is 11.6 Å². The van der Waals surface area contributed by atoms with Gasteiger partial charge in [-0.05, 0) is 23.9 Å².